The zero-order valence-corrected chi connectivity index (χ0v) is 17.9. The first-order valence-corrected chi connectivity index (χ1v) is 10.6. The molecule has 0 bridgehead atoms. The van der Waals surface area contributed by atoms with Gasteiger partial charge in [0, 0.05) is 36.3 Å². The molecule has 4 nitrogen and oxygen atoms in total. The van der Waals surface area contributed by atoms with Crippen LogP contribution in [0.25, 0.3) is 22.6 Å². The molecule has 1 aromatic heterocycles. The molecule has 0 atom stereocenters. The van der Waals surface area contributed by atoms with Gasteiger partial charge in [-0.2, -0.15) is 0 Å². The molecule has 0 saturated heterocycles. The number of fused-ring (bicyclic) bond motifs is 1. The van der Waals surface area contributed by atoms with Gasteiger partial charge in [0.2, 0.25) is 5.91 Å². The van der Waals surface area contributed by atoms with E-state index in [1.54, 1.807) is 6.08 Å². The van der Waals surface area contributed by atoms with Crippen LogP contribution in [-0.2, 0) is 4.79 Å². The number of nitrogens with zero attached hydrogens (tertiary/aromatic N) is 1. The highest BCUT2D eigenvalue weighted by Gasteiger charge is 2.18. The fourth-order valence-electron chi connectivity index (χ4n) is 3.73. The summed E-state index contributed by atoms with van der Waals surface area (Å²) in [6.45, 7) is 5.28. The largest absolute Gasteiger partial charge is 0.491 e. The fraction of sp³-hybridized carbons (Fsp3) is 0.240. The van der Waals surface area contributed by atoms with E-state index in [0.717, 1.165) is 39.2 Å². The number of ether oxygens (including phenoxy) is 1. The van der Waals surface area contributed by atoms with Crippen LogP contribution < -0.4 is 4.74 Å². The Morgan fingerprint density at radius 2 is 2.07 bits per heavy atom. The summed E-state index contributed by atoms with van der Waals surface area (Å²) in [7, 11) is 0. The van der Waals surface area contributed by atoms with Gasteiger partial charge in [-0.25, -0.2) is 0 Å². The number of aromatic nitrogens is 1. The van der Waals surface area contributed by atoms with Crippen molar-refractivity contribution < 1.29 is 9.53 Å². The van der Waals surface area contributed by atoms with E-state index in [4.69, 9.17) is 16.3 Å². The van der Waals surface area contributed by atoms with Crippen molar-refractivity contribution in [3.05, 3.63) is 77.0 Å². The normalized spacial score (nSPS) is 14.5. The second-order valence-electron chi connectivity index (χ2n) is 7.70. The lowest BCUT2D eigenvalue weighted by Gasteiger charge is -2.25. The van der Waals surface area contributed by atoms with E-state index < -0.39 is 0 Å². The molecular weight excluding hydrogens is 396 g/mol. The van der Waals surface area contributed by atoms with Crippen molar-refractivity contribution in [3.8, 4) is 5.75 Å². The average molecular weight is 421 g/mol. The van der Waals surface area contributed by atoms with Gasteiger partial charge in [-0.3, -0.25) is 4.79 Å². The molecule has 0 aliphatic carbocycles. The summed E-state index contributed by atoms with van der Waals surface area (Å²) in [6, 6.07) is 13.7. The summed E-state index contributed by atoms with van der Waals surface area (Å²) in [5, 5.41) is 1.84. The maximum Gasteiger partial charge on any atom is 0.246 e. The maximum absolute atomic E-state index is 12.6. The third kappa shape index (κ3) is 4.44. The zero-order valence-electron chi connectivity index (χ0n) is 17.2. The first-order valence-electron chi connectivity index (χ1n) is 10.2. The number of halogens is 1. The molecule has 30 heavy (non-hydrogen) atoms. The minimum Gasteiger partial charge on any atom is -0.491 e. The van der Waals surface area contributed by atoms with Crippen molar-refractivity contribution in [2.45, 2.75) is 26.4 Å². The van der Waals surface area contributed by atoms with E-state index in [-0.39, 0.29) is 12.0 Å². The molecule has 1 aliphatic rings. The Kier molecular flexibility index (Phi) is 5.96. The molecule has 0 saturated carbocycles. The number of hydrogen-bond donors (Lipinski definition) is 1. The quantitative estimate of drug-likeness (QED) is 0.519. The number of nitrogens with one attached hydrogen (secondary N) is 1. The van der Waals surface area contributed by atoms with Crippen LogP contribution in [-0.4, -0.2) is 35.0 Å². The van der Waals surface area contributed by atoms with Crippen molar-refractivity contribution in [1.29, 1.82) is 0 Å². The van der Waals surface area contributed by atoms with Gasteiger partial charge in [-0.05, 0) is 55.7 Å². The smallest absolute Gasteiger partial charge is 0.246 e. The molecule has 1 N–H and O–H groups in total. The highest BCUT2D eigenvalue weighted by atomic mass is 35.5. The van der Waals surface area contributed by atoms with Crippen LogP contribution >= 0.6 is 11.6 Å². The van der Waals surface area contributed by atoms with E-state index in [0.29, 0.717) is 13.1 Å². The first-order chi connectivity index (χ1) is 14.5. The minimum absolute atomic E-state index is 0.0162. The van der Waals surface area contributed by atoms with E-state index in [1.165, 1.54) is 5.57 Å². The molecule has 1 aliphatic heterocycles. The number of hydrogen-bond acceptors (Lipinski definition) is 2. The number of carbonyl (C=O) groups is 1. The van der Waals surface area contributed by atoms with E-state index in [9.17, 15) is 4.79 Å². The molecule has 0 radical (unpaired) electrons. The Bertz CT molecular complexity index is 1130. The topological polar surface area (TPSA) is 45.3 Å². The lowest BCUT2D eigenvalue weighted by molar-refractivity contribution is -0.125. The number of para-hydroxylation sites is 1. The average Bonchev–Trinajstić information content (AvgIpc) is 3.17. The van der Waals surface area contributed by atoms with Gasteiger partial charge in [-0.15, -0.1) is 0 Å². The van der Waals surface area contributed by atoms with E-state index in [1.807, 2.05) is 67.4 Å². The lowest BCUT2D eigenvalue weighted by Crippen LogP contribution is -2.33. The van der Waals surface area contributed by atoms with Crippen molar-refractivity contribution in [1.82, 2.24) is 9.88 Å². The lowest BCUT2D eigenvalue weighted by atomic mass is 9.99. The Hall–Kier alpha value is -2.98. The molecule has 0 unspecified atom stereocenters. The summed E-state index contributed by atoms with van der Waals surface area (Å²) >= 11 is 6.27. The maximum atomic E-state index is 12.6. The molecule has 1 amide bonds. The number of rotatable bonds is 5. The summed E-state index contributed by atoms with van der Waals surface area (Å²) in [4.78, 5) is 17.8. The number of benzene rings is 2. The highest BCUT2D eigenvalue weighted by Crippen LogP contribution is 2.32. The number of carbonyl (C=O) groups excluding carboxylic acids is 1. The monoisotopic (exact) mass is 420 g/mol. The van der Waals surface area contributed by atoms with Crippen molar-refractivity contribution in [2.24, 2.45) is 0 Å². The third-order valence-electron chi connectivity index (χ3n) is 5.18. The molecular formula is C25H25ClN2O2. The van der Waals surface area contributed by atoms with Crippen LogP contribution in [0, 0.1) is 0 Å². The van der Waals surface area contributed by atoms with Gasteiger partial charge in [0.25, 0.3) is 0 Å². The number of H-pyrrole nitrogens is 1. The summed E-state index contributed by atoms with van der Waals surface area (Å²) in [6.07, 6.45) is 8.56. The third-order valence-corrected chi connectivity index (χ3v) is 5.49. The van der Waals surface area contributed by atoms with Crippen molar-refractivity contribution >= 4 is 40.1 Å². The van der Waals surface area contributed by atoms with Gasteiger partial charge in [-0.1, -0.05) is 41.9 Å². The zero-order chi connectivity index (χ0) is 21.1. The van der Waals surface area contributed by atoms with Crippen LogP contribution in [0.3, 0.4) is 0 Å². The molecule has 154 valence electrons. The van der Waals surface area contributed by atoms with Crippen molar-refractivity contribution in [2.75, 3.05) is 13.1 Å². The molecule has 2 heterocycles. The van der Waals surface area contributed by atoms with Gasteiger partial charge in [0.1, 0.15) is 5.75 Å². The summed E-state index contributed by atoms with van der Waals surface area (Å²) < 4.78 is 5.72. The van der Waals surface area contributed by atoms with E-state index >= 15 is 0 Å². The molecule has 3 aromatic rings. The first kappa shape index (κ1) is 20.3. The van der Waals surface area contributed by atoms with Crippen LogP contribution in [0.15, 0.2) is 60.8 Å². The molecule has 5 heteroatoms. The Balaban J connectivity index is 1.43. The summed E-state index contributed by atoms with van der Waals surface area (Å²) in [5.41, 5.74) is 4.32. The van der Waals surface area contributed by atoms with E-state index in [2.05, 4.69) is 17.1 Å². The minimum atomic E-state index is 0.0162. The van der Waals surface area contributed by atoms with Gasteiger partial charge in [0.05, 0.1) is 16.6 Å². The predicted molar refractivity (Wildman–Crippen MR) is 124 cm³/mol. The van der Waals surface area contributed by atoms with Gasteiger partial charge < -0.3 is 14.6 Å². The van der Waals surface area contributed by atoms with Crippen LogP contribution in [0.4, 0.5) is 0 Å². The van der Waals surface area contributed by atoms with Crippen LogP contribution in [0.1, 0.15) is 31.4 Å². The molecule has 2 aromatic carbocycles. The standard InChI is InChI=1S/C25H25ClN2O2/c1-17(2)30-20-6-3-5-18(15-20)9-10-24(29)28-13-11-19(12-14-28)22-16-27-25-21(22)7-4-8-23(25)26/h3-11,15-17,27H,12-14H2,1-2H3/b10-9+. The van der Waals surface area contributed by atoms with Gasteiger partial charge in [0.15, 0.2) is 0 Å². The fourth-order valence-corrected chi connectivity index (χ4v) is 3.96. The Morgan fingerprint density at radius 3 is 2.83 bits per heavy atom. The molecule has 4 rings (SSSR count). The van der Waals surface area contributed by atoms with Crippen LogP contribution in [0.5, 0.6) is 5.75 Å². The predicted octanol–water partition coefficient (Wildman–Crippen LogP) is 5.94. The second kappa shape index (κ2) is 8.80. The summed E-state index contributed by atoms with van der Waals surface area (Å²) in [5.74, 6) is 0.825. The van der Waals surface area contributed by atoms with Gasteiger partial charge >= 0.3 is 0 Å². The van der Waals surface area contributed by atoms with Crippen molar-refractivity contribution in [3.63, 3.8) is 0 Å². The van der Waals surface area contributed by atoms with Crippen LogP contribution in [0.2, 0.25) is 5.02 Å². The highest BCUT2D eigenvalue weighted by molar-refractivity contribution is 6.35. The Labute approximate surface area is 181 Å². The Morgan fingerprint density at radius 1 is 1.23 bits per heavy atom. The number of amides is 1. The second-order valence-corrected chi connectivity index (χ2v) is 8.11. The number of aromatic amines is 1. The SMILES string of the molecule is CC(C)Oc1cccc(/C=C/C(=O)N2CC=C(c3c[nH]c4c(Cl)cccc34)CC2)c1. The molecule has 0 spiro atoms. The molecule has 0 fully saturated rings.